The summed E-state index contributed by atoms with van der Waals surface area (Å²) in [6.07, 6.45) is -3.89. The number of likely N-dealkylation sites (tertiary alicyclic amines) is 1. The van der Waals surface area contributed by atoms with Gasteiger partial charge in [0.25, 0.3) is 0 Å². The molecular weight excluding hydrogens is 294 g/mol. The van der Waals surface area contributed by atoms with Crippen LogP contribution in [0, 0.1) is 11.8 Å². The molecule has 3 unspecified atom stereocenters. The van der Waals surface area contributed by atoms with Crippen molar-refractivity contribution < 1.29 is 32.3 Å². The van der Waals surface area contributed by atoms with Crippen molar-refractivity contribution in [1.29, 1.82) is 0 Å². The first kappa shape index (κ1) is 16.0. The van der Waals surface area contributed by atoms with Gasteiger partial charge < -0.3 is 10.0 Å². The van der Waals surface area contributed by atoms with Crippen molar-refractivity contribution in [1.82, 2.24) is 4.90 Å². The third-order valence-corrected chi connectivity index (χ3v) is 4.42. The molecule has 1 N–H and O–H groups in total. The third-order valence-electron chi connectivity index (χ3n) is 4.42. The van der Waals surface area contributed by atoms with Gasteiger partial charge in [-0.15, -0.1) is 0 Å². The number of aliphatic carboxylic acids is 1. The van der Waals surface area contributed by atoms with Crippen LogP contribution in [0.2, 0.25) is 0 Å². The number of rotatable bonds is 2. The molecule has 0 aromatic carbocycles. The zero-order chi connectivity index (χ0) is 15.8. The minimum atomic E-state index is -4.46. The van der Waals surface area contributed by atoms with E-state index in [-0.39, 0.29) is 25.8 Å². The minimum absolute atomic E-state index is 0.104. The normalized spacial score (nSPS) is 34.0. The van der Waals surface area contributed by atoms with Gasteiger partial charge in [-0.2, -0.15) is 13.2 Å². The van der Waals surface area contributed by atoms with Crippen molar-refractivity contribution in [3.05, 3.63) is 0 Å². The second kappa shape index (κ2) is 5.46. The van der Waals surface area contributed by atoms with Gasteiger partial charge in [-0.25, -0.2) is 9.18 Å². The van der Waals surface area contributed by atoms with Crippen LogP contribution in [0.15, 0.2) is 0 Å². The standard InChI is InChI=1S/C13H17F4NO3/c14-12(11(20)21)5-6-18(7-12)10(19)8-3-1-2-4-9(8)13(15,16)17/h8-9H,1-7H2,(H,20,21). The average Bonchev–Trinajstić information content (AvgIpc) is 2.81. The first-order valence-corrected chi connectivity index (χ1v) is 6.93. The molecule has 2 rings (SSSR count). The topological polar surface area (TPSA) is 57.6 Å². The zero-order valence-electron chi connectivity index (χ0n) is 11.3. The first-order chi connectivity index (χ1) is 9.65. The predicted molar refractivity (Wildman–Crippen MR) is 64.2 cm³/mol. The molecule has 3 atom stereocenters. The molecule has 21 heavy (non-hydrogen) atoms. The van der Waals surface area contributed by atoms with Crippen LogP contribution < -0.4 is 0 Å². The van der Waals surface area contributed by atoms with Crippen molar-refractivity contribution >= 4 is 11.9 Å². The predicted octanol–water partition coefficient (Wildman–Crippen LogP) is 2.38. The number of halogens is 4. The Morgan fingerprint density at radius 3 is 2.33 bits per heavy atom. The first-order valence-electron chi connectivity index (χ1n) is 6.93. The van der Waals surface area contributed by atoms with Gasteiger partial charge in [0.1, 0.15) is 0 Å². The summed E-state index contributed by atoms with van der Waals surface area (Å²) in [5.74, 6) is -5.36. The fourth-order valence-electron chi connectivity index (χ4n) is 3.19. The van der Waals surface area contributed by atoms with Crippen molar-refractivity contribution in [2.45, 2.75) is 43.9 Å². The highest BCUT2D eigenvalue weighted by molar-refractivity contribution is 5.83. The Balaban J connectivity index is 2.10. The molecule has 1 amide bonds. The van der Waals surface area contributed by atoms with Crippen molar-refractivity contribution in [2.24, 2.45) is 11.8 Å². The molecule has 2 aliphatic rings. The van der Waals surface area contributed by atoms with Crippen molar-refractivity contribution in [2.75, 3.05) is 13.1 Å². The van der Waals surface area contributed by atoms with Crippen LogP contribution in [-0.4, -0.2) is 46.8 Å². The largest absolute Gasteiger partial charge is 0.479 e. The highest BCUT2D eigenvalue weighted by atomic mass is 19.4. The number of carbonyl (C=O) groups is 2. The van der Waals surface area contributed by atoms with Crippen LogP contribution in [0.1, 0.15) is 32.1 Å². The molecule has 1 saturated carbocycles. The summed E-state index contributed by atoms with van der Waals surface area (Å²) >= 11 is 0. The number of nitrogens with zero attached hydrogens (tertiary/aromatic N) is 1. The van der Waals surface area contributed by atoms with Gasteiger partial charge in [0.2, 0.25) is 11.6 Å². The van der Waals surface area contributed by atoms with Gasteiger partial charge in [0.15, 0.2) is 0 Å². The van der Waals surface area contributed by atoms with Gasteiger partial charge in [0.05, 0.1) is 12.5 Å². The number of hydrogen-bond acceptors (Lipinski definition) is 2. The molecular formula is C13H17F4NO3. The fourth-order valence-corrected chi connectivity index (χ4v) is 3.19. The van der Waals surface area contributed by atoms with Gasteiger partial charge in [-0.05, 0) is 12.8 Å². The van der Waals surface area contributed by atoms with E-state index in [4.69, 9.17) is 5.11 Å². The molecule has 0 bridgehead atoms. The minimum Gasteiger partial charge on any atom is -0.479 e. The Hall–Kier alpha value is -1.34. The maximum absolute atomic E-state index is 13.9. The maximum atomic E-state index is 13.9. The number of hydrogen-bond donors (Lipinski definition) is 1. The lowest BCUT2D eigenvalue weighted by Gasteiger charge is -2.34. The van der Waals surface area contributed by atoms with Crippen LogP contribution in [-0.2, 0) is 9.59 Å². The number of carboxylic acids is 1. The lowest BCUT2D eigenvalue weighted by Crippen LogP contribution is -2.45. The number of amides is 1. The summed E-state index contributed by atoms with van der Waals surface area (Å²) < 4.78 is 52.9. The summed E-state index contributed by atoms with van der Waals surface area (Å²) in [6, 6.07) is 0. The van der Waals surface area contributed by atoms with Gasteiger partial charge in [-0.3, -0.25) is 4.79 Å². The van der Waals surface area contributed by atoms with E-state index in [2.05, 4.69) is 0 Å². The van der Waals surface area contributed by atoms with E-state index >= 15 is 0 Å². The summed E-state index contributed by atoms with van der Waals surface area (Å²) in [6.45, 7) is -0.815. The summed E-state index contributed by atoms with van der Waals surface area (Å²) in [5.41, 5.74) is -2.54. The molecule has 0 aromatic rings. The van der Waals surface area contributed by atoms with Gasteiger partial charge in [-0.1, -0.05) is 12.8 Å². The van der Waals surface area contributed by atoms with E-state index < -0.39 is 42.1 Å². The number of alkyl halides is 4. The van der Waals surface area contributed by atoms with Crippen LogP contribution in [0.4, 0.5) is 17.6 Å². The smallest absolute Gasteiger partial charge is 0.392 e. The second-order valence-electron chi connectivity index (χ2n) is 5.82. The SMILES string of the molecule is O=C(C1CCCCC1C(F)(F)F)N1CCC(F)(C(=O)O)C1. The average molecular weight is 311 g/mol. The van der Waals surface area contributed by atoms with Crippen LogP contribution in [0.3, 0.4) is 0 Å². The molecule has 1 saturated heterocycles. The molecule has 1 heterocycles. The molecule has 4 nitrogen and oxygen atoms in total. The Labute approximate surface area is 119 Å². The van der Waals surface area contributed by atoms with Crippen LogP contribution in [0.5, 0.6) is 0 Å². The van der Waals surface area contributed by atoms with Crippen LogP contribution >= 0.6 is 0 Å². The summed E-state index contributed by atoms with van der Waals surface area (Å²) in [4.78, 5) is 24.0. The van der Waals surface area contributed by atoms with Crippen molar-refractivity contribution in [3.63, 3.8) is 0 Å². The molecule has 1 aliphatic heterocycles. The molecule has 2 fully saturated rings. The van der Waals surface area contributed by atoms with E-state index in [9.17, 15) is 27.2 Å². The molecule has 0 spiro atoms. The molecule has 120 valence electrons. The van der Waals surface area contributed by atoms with E-state index in [0.717, 1.165) is 4.90 Å². The van der Waals surface area contributed by atoms with E-state index in [1.54, 1.807) is 0 Å². The quantitative estimate of drug-likeness (QED) is 0.797. The van der Waals surface area contributed by atoms with E-state index in [1.807, 2.05) is 0 Å². The fraction of sp³-hybridized carbons (Fsp3) is 0.846. The highest BCUT2D eigenvalue weighted by Crippen LogP contribution is 2.43. The molecule has 0 radical (unpaired) electrons. The summed E-state index contributed by atoms with van der Waals surface area (Å²) in [5, 5.41) is 8.77. The van der Waals surface area contributed by atoms with Gasteiger partial charge in [0, 0.05) is 18.9 Å². The zero-order valence-corrected chi connectivity index (χ0v) is 11.3. The van der Waals surface area contributed by atoms with Crippen molar-refractivity contribution in [3.8, 4) is 0 Å². The lowest BCUT2D eigenvalue weighted by molar-refractivity contribution is -0.200. The lowest BCUT2D eigenvalue weighted by atomic mass is 9.78. The van der Waals surface area contributed by atoms with E-state index in [1.165, 1.54) is 0 Å². The Kier molecular flexibility index (Phi) is 4.17. The molecule has 0 aromatic heterocycles. The Morgan fingerprint density at radius 2 is 1.81 bits per heavy atom. The number of carboxylic acid groups (broad SMARTS) is 1. The van der Waals surface area contributed by atoms with Crippen LogP contribution in [0.25, 0.3) is 0 Å². The molecule has 8 heteroatoms. The monoisotopic (exact) mass is 311 g/mol. The van der Waals surface area contributed by atoms with Gasteiger partial charge >= 0.3 is 12.1 Å². The maximum Gasteiger partial charge on any atom is 0.392 e. The van der Waals surface area contributed by atoms with E-state index in [0.29, 0.717) is 12.8 Å². The second-order valence-corrected chi connectivity index (χ2v) is 5.82. The summed E-state index contributed by atoms with van der Waals surface area (Å²) in [7, 11) is 0. The molecule has 1 aliphatic carbocycles. The Bertz CT molecular complexity index is 440. The number of carbonyl (C=O) groups excluding carboxylic acids is 1. The highest BCUT2D eigenvalue weighted by Gasteiger charge is 2.52. The Morgan fingerprint density at radius 1 is 1.19 bits per heavy atom. The third kappa shape index (κ3) is 3.13.